The van der Waals surface area contributed by atoms with Gasteiger partial charge in [0, 0.05) is 49.4 Å². The molecule has 1 saturated carbocycles. The van der Waals surface area contributed by atoms with E-state index in [2.05, 4.69) is 20.3 Å². The second-order valence-electron chi connectivity index (χ2n) is 10.3. The molecule has 0 unspecified atom stereocenters. The molecular formula is C27H29F2N7O2. The number of amides is 1. The Morgan fingerprint density at radius 1 is 1.16 bits per heavy atom. The van der Waals surface area contributed by atoms with Crippen molar-refractivity contribution in [3.05, 3.63) is 52.1 Å². The monoisotopic (exact) mass is 521 g/mol. The zero-order valence-electron chi connectivity index (χ0n) is 21.1. The Kier molecular flexibility index (Phi) is 6.30. The van der Waals surface area contributed by atoms with E-state index in [9.17, 15) is 9.18 Å². The van der Waals surface area contributed by atoms with Gasteiger partial charge in [0.25, 0.3) is 0 Å². The number of nitrogens with two attached hydrogens (primary N) is 1. The van der Waals surface area contributed by atoms with Crippen LogP contribution < -0.4 is 20.7 Å². The minimum atomic E-state index is -0.640. The first-order chi connectivity index (χ1) is 18.3. The van der Waals surface area contributed by atoms with E-state index in [1.54, 1.807) is 12.1 Å². The van der Waals surface area contributed by atoms with Gasteiger partial charge in [0.2, 0.25) is 5.91 Å². The van der Waals surface area contributed by atoms with Crippen LogP contribution in [0.3, 0.4) is 0 Å². The SMILES string of the molecule is CC1=Cc2c(F)c(Oc3nc(NC4=NCC(C5CC5)=C4)cc(N4CCN(CC(N)=O)CC4)n3)cc(F)c2C1. The van der Waals surface area contributed by atoms with Crippen LogP contribution in [0.2, 0.25) is 0 Å². The number of carbonyl (C=O) groups is 1. The molecule has 1 saturated heterocycles. The van der Waals surface area contributed by atoms with Gasteiger partial charge in [0.1, 0.15) is 23.3 Å². The van der Waals surface area contributed by atoms with Crippen LogP contribution in [-0.4, -0.2) is 65.9 Å². The van der Waals surface area contributed by atoms with Gasteiger partial charge in [-0.05, 0) is 43.8 Å². The molecule has 1 aromatic heterocycles. The lowest BCUT2D eigenvalue weighted by atomic mass is 10.1. The third-order valence-electron chi connectivity index (χ3n) is 7.25. The van der Waals surface area contributed by atoms with Gasteiger partial charge in [-0.2, -0.15) is 9.97 Å². The minimum Gasteiger partial charge on any atom is -0.421 e. The average molecular weight is 522 g/mol. The number of amidine groups is 1. The highest BCUT2D eigenvalue weighted by Gasteiger charge is 2.28. The highest BCUT2D eigenvalue weighted by Crippen LogP contribution is 2.38. The average Bonchev–Trinajstić information content (AvgIpc) is 3.49. The standard InChI is InChI=1S/C27H29F2N7O2/c1-15-8-18-19(9-15)26(29)21(11-20(18)28)38-27-33-24(32-23-10-17(13-31-23)16-2-3-16)12-25(34-27)36-6-4-35(5-7-36)14-22(30)37/h9-12,16H,2-8,13-14H2,1H3,(H2,30,37)(H,31,32,33,34). The number of rotatable bonds is 7. The van der Waals surface area contributed by atoms with Gasteiger partial charge in [0.15, 0.2) is 11.6 Å². The number of anilines is 2. The first-order valence-electron chi connectivity index (χ1n) is 12.8. The highest BCUT2D eigenvalue weighted by atomic mass is 19.1. The van der Waals surface area contributed by atoms with Crippen LogP contribution in [0.4, 0.5) is 20.4 Å². The third-order valence-corrected chi connectivity index (χ3v) is 7.25. The summed E-state index contributed by atoms with van der Waals surface area (Å²) in [6.07, 6.45) is 6.46. The van der Waals surface area contributed by atoms with Crippen LogP contribution in [0.5, 0.6) is 11.8 Å². The van der Waals surface area contributed by atoms with Crippen molar-refractivity contribution < 1.29 is 18.3 Å². The summed E-state index contributed by atoms with van der Waals surface area (Å²) in [6.45, 7) is 5.16. The molecule has 2 fully saturated rings. The zero-order chi connectivity index (χ0) is 26.4. The minimum absolute atomic E-state index is 0.105. The summed E-state index contributed by atoms with van der Waals surface area (Å²) < 4.78 is 35.8. The van der Waals surface area contributed by atoms with Gasteiger partial charge in [-0.1, -0.05) is 11.6 Å². The fourth-order valence-corrected chi connectivity index (χ4v) is 5.13. The zero-order valence-corrected chi connectivity index (χ0v) is 21.1. The molecule has 2 aliphatic heterocycles. The molecule has 1 amide bonds. The number of allylic oxidation sites excluding steroid dienone is 1. The number of aliphatic imine (C=N–C) groups is 1. The molecule has 3 heterocycles. The van der Waals surface area contributed by atoms with E-state index in [0.29, 0.717) is 68.1 Å². The number of hydrogen-bond acceptors (Lipinski definition) is 8. The summed E-state index contributed by atoms with van der Waals surface area (Å²) in [5.74, 6) is 0.520. The van der Waals surface area contributed by atoms with Crippen LogP contribution in [0, 0.1) is 17.6 Å². The lowest BCUT2D eigenvalue weighted by Gasteiger charge is -2.34. The quantitative estimate of drug-likeness (QED) is 0.576. The molecule has 2 aromatic rings. The van der Waals surface area contributed by atoms with Crippen LogP contribution in [0.25, 0.3) is 6.08 Å². The molecular weight excluding hydrogens is 492 g/mol. The number of fused-ring (bicyclic) bond motifs is 1. The number of primary amides is 1. The normalized spacial score (nSPS) is 19.1. The lowest BCUT2D eigenvalue weighted by molar-refractivity contribution is -0.119. The highest BCUT2D eigenvalue weighted by molar-refractivity contribution is 6.05. The number of hydrogen-bond donors (Lipinski definition) is 2. The van der Waals surface area contributed by atoms with Crippen molar-refractivity contribution in [2.75, 3.05) is 49.5 Å². The molecule has 1 aromatic carbocycles. The van der Waals surface area contributed by atoms with E-state index in [-0.39, 0.29) is 29.8 Å². The Morgan fingerprint density at radius 2 is 1.95 bits per heavy atom. The van der Waals surface area contributed by atoms with Crippen LogP contribution in [0.1, 0.15) is 30.9 Å². The van der Waals surface area contributed by atoms with Gasteiger partial charge in [-0.3, -0.25) is 14.7 Å². The number of piperazine rings is 1. The largest absolute Gasteiger partial charge is 0.421 e. The first-order valence-corrected chi connectivity index (χ1v) is 12.8. The number of benzene rings is 1. The number of nitrogens with zero attached hydrogens (tertiary/aromatic N) is 5. The van der Waals surface area contributed by atoms with Crippen molar-refractivity contribution in [3.63, 3.8) is 0 Å². The Hall–Kier alpha value is -3.86. The summed E-state index contributed by atoms with van der Waals surface area (Å²) in [6, 6.07) is 2.73. The number of halogens is 2. The third kappa shape index (κ3) is 5.10. The van der Waals surface area contributed by atoms with E-state index in [1.165, 1.54) is 18.4 Å². The van der Waals surface area contributed by atoms with Gasteiger partial charge in [-0.25, -0.2) is 8.78 Å². The molecule has 0 spiro atoms. The van der Waals surface area contributed by atoms with E-state index in [0.717, 1.165) is 11.6 Å². The van der Waals surface area contributed by atoms with E-state index >= 15 is 4.39 Å². The van der Waals surface area contributed by atoms with Gasteiger partial charge in [0.05, 0.1) is 13.1 Å². The Bertz CT molecular complexity index is 1390. The van der Waals surface area contributed by atoms with E-state index in [1.807, 2.05) is 22.8 Å². The summed E-state index contributed by atoms with van der Waals surface area (Å²) in [5, 5.41) is 3.23. The van der Waals surface area contributed by atoms with Crippen molar-refractivity contribution in [2.24, 2.45) is 16.6 Å². The molecule has 3 N–H and O–H groups in total. The predicted octanol–water partition coefficient (Wildman–Crippen LogP) is 3.27. The van der Waals surface area contributed by atoms with Gasteiger partial charge < -0.3 is 20.7 Å². The fourth-order valence-electron chi connectivity index (χ4n) is 5.13. The number of aromatic nitrogens is 2. The van der Waals surface area contributed by atoms with E-state index in [4.69, 9.17) is 10.5 Å². The Balaban J connectivity index is 1.28. The molecule has 9 nitrogen and oxygen atoms in total. The Morgan fingerprint density at radius 3 is 2.68 bits per heavy atom. The molecule has 38 heavy (non-hydrogen) atoms. The molecule has 0 radical (unpaired) electrons. The maximum absolute atomic E-state index is 15.3. The molecule has 2 aliphatic carbocycles. The summed E-state index contributed by atoms with van der Waals surface area (Å²) in [7, 11) is 0. The van der Waals surface area contributed by atoms with Crippen LogP contribution in [0.15, 0.2) is 34.3 Å². The molecule has 198 valence electrons. The summed E-state index contributed by atoms with van der Waals surface area (Å²) in [5.41, 5.74) is 8.06. The van der Waals surface area contributed by atoms with Crippen molar-refractivity contribution in [1.82, 2.24) is 14.9 Å². The number of carbonyl (C=O) groups excluding carboxylic acids is 1. The topological polar surface area (TPSA) is 109 Å². The van der Waals surface area contributed by atoms with Crippen molar-refractivity contribution in [3.8, 4) is 11.8 Å². The predicted molar refractivity (Wildman–Crippen MR) is 140 cm³/mol. The molecule has 0 bridgehead atoms. The van der Waals surface area contributed by atoms with E-state index < -0.39 is 11.6 Å². The first kappa shape index (κ1) is 24.5. The van der Waals surface area contributed by atoms with Crippen molar-refractivity contribution in [2.45, 2.75) is 26.2 Å². The second kappa shape index (κ2) is 9.79. The van der Waals surface area contributed by atoms with Gasteiger partial charge >= 0.3 is 6.01 Å². The van der Waals surface area contributed by atoms with Crippen LogP contribution >= 0.6 is 0 Å². The summed E-state index contributed by atoms with van der Waals surface area (Å²) in [4.78, 5) is 28.9. The van der Waals surface area contributed by atoms with Crippen LogP contribution in [-0.2, 0) is 11.2 Å². The maximum Gasteiger partial charge on any atom is 0.326 e. The van der Waals surface area contributed by atoms with Crippen molar-refractivity contribution in [1.29, 1.82) is 0 Å². The fraction of sp³-hybridized carbons (Fsp3) is 0.407. The molecule has 0 atom stereocenters. The van der Waals surface area contributed by atoms with Gasteiger partial charge in [-0.15, -0.1) is 0 Å². The Labute approximate surface area is 219 Å². The number of ether oxygens (including phenoxy) is 1. The lowest BCUT2D eigenvalue weighted by Crippen LogP contribution is -2.49. The summed E-state index contributed by atoms with van der Waals surface area (Å²) >= 11 is 0. The molecule has 4 aliphatic rings. The number of nitrogens with one attached hydrogen (secondary N) is 1. The molecule has 11 heteroatoms. The smallest absolute Gasteiger partial charge is 0.326 e. The maximum atomic E-state index is 15.3. The second-order valence-corrected chi connectivity index (χ2v) is 10.3. The molecule has 6 rings (SSSR count). The van der Waals surface area contributed by atoms with Crippen molar-refractivity contribution >= 4 is 29.5 Å².